The fourth-order valence-corrected chi connectivity index (χ4v) is 1.86. The topological polar surface area (TPSA) is 22.1 Å². The summed E-state index contributed by atoms with van der Waals surface area (Å²) in [4.78, 5) is 4.54. The van der Waals surface area contributed by atoms with E-state index in [-0.39, 0.29) is 0 Å². The maximum absolute atomic E-state index is 5.13. The molecule has 82 valence electrons. The zero-order valence-electron chi connectivity index (χ0n) is 9.31. The maximum Gasteiger partial charge on any atom is 0.118 e. The molecule has 0 aliphatic carbocycles. The standard InChI is InChI=1S/C13H13NOS/c1-15-11-8-6-10(7-9-11)12-4-3-5-13(14-12)16-2/h3-9H,1-2H3. The first kappa shape index (κ1) is 11.0. The Morgan fingerprint density at radius 3 is 2.44 bits per heavy atom. The molecule has 0 radical (unpaired) electrons. The van der Waals surface area contributed by atoms with E-state index in [1.165, 1.54) is 0 Å². The van der Waals surface area contributed by atoms with Crippen molar-refractivity contribution in [2.75, 3.05) is 13.4 Å². The van der Waals surface area contributed by atoms with Gasteiger partial charge in [0.15, 0.2) is 0 Å². The molecule has 0 bridgehead atoms. The smallest absolute Gasteiger partial charge is 0.118 e. The van der Waals surface area contributed by atoms with Crippen molar-refractivity contribution < 1.29 is 4.74 Å². The SMILES string of the molecule is COc1ccc(-c2cccc(SC)n2)cc1. The second-order valence-corrected chi connectivity index (χ2v) is 4.12. The summed E-state index contributed by atoms with van der Waals surface area (Å²) in [5, 5.41) is 1.04. The quantitative estimate of drug-likeness (QED) is 0.755. The van der Waals surface area contributed by atoms with Crippen LogP contribution in [-0.2, 0) is 0 Å². The second-order valence-electron chi connectivity index (χ2n) is 3.29. The molecule has 2 nitrogen and oxygen atoms in total. The van der Waals surface area contributed by atoms with Gasteiger partial charge in [0.1, 0.15) is 5.75 Å². The van der Waals surface area contributed by atoms with E-state index in [2.05, 4.69) is 4.98 Å². The fourth-order valence-electron chi connectivity index (χ4n) is 1.45. The highest BCUT2D eigenvalue weighted by Crippen LogP contribution is 2.22. The number of methoxy groups -OCH3 is 1. The molecule has 1 aromatic carbocycles. The Balaban J connectivity index is 2.34. The van der Waals surface area contributed by atoms with Crippen molar-refractivity contribution in [3.05, 3.63) is 42.5 Å². The van der Waals surface area contributed by atoms with E-state index in [0.717, 1.165) is 22.0 Å². The van der Waals surface area contributed by atoms with Gasteiger partial charge in [0, 0.05) is 5.56 Å². The van der Waals surface area contributed by atoms with Gasteiger partial charge in [0.05, 0.1) is 17.8 Å². The Hall–Kier alpha value is -1.48. The number of aromatic nitrogens is 1. The van der Waals surface area contributed by atoms with Gasteiger partial charge in [0.2, 0.25) is 0 Å². The molecule has 0 amide bonds. The molecule has 0 saturated carbocycles. The van der Waals surface area contributed by atoms with Crippen LogP contribution in [0.1, 0.15) is 0 Å². The number of rotatable bonds is 3. The molecule has 16 heavy (non-hydrogen) atoms. The molecule has 0 spiro atoms. The lowest BCUT2D eigenvalue weighted by atomic mass is 10.1. The first-order valence-corrected chi connectivity index (χ1v) is 6.21. The van der Waals surface area contributed by atoms with Crippen LogP contribution in [-0.4, -0.2) is 18.3 Å². The largest absolute Gasteiger partial charge is 0.497 e. The summed E-state index contributed by atoms with van der Waals surface area (Å²) >= 11 is 1.65. The van der Waals surface area contributed by atoms with Gasteiger partial charge in [-0.15, -0.1) is 11.8 Å². The summed E-state index contributed by atoms with van der Waals surface area (Å²) in [5.74, 6) is 0.866. The normalized spacial score (nSPS) is 10.1. The van der Waals surface area contributed by atoms with Crippen LogP contribution in [0.2, 0.25) is 0 Å². The summed E-state index contributed by atoms with van der Waals surface area (Å²) in [6.07, 6.45) is 2.03. The minimum Gasteiger partial charge on any atom is -0.497 e. The molecule has 0 fully saturated rings. The Morgan fingerprint density at radius 2 is 1.81 bits per heavy atom. The van der Waals surface area contributed by atoms with Gasteiger partial charge in [-0.1, -0.05) is 6.07 Å². The summed E-state index contributed by atoms with van der Waals surface area (Å²) in [5.41, 5.74) is 2.10. The molecule has 2 rings (SSSR count). The van der Waals surface area contributed by atoms with Crippen LogP contribution in [0, 0.1) is 0 Å². The molecule has 2 aromatic rings. The summed E-state index contributed by atoms with van der Waals surface area (Å²) < 4.78 is 5.13. The molecule has 0 atom stereocenters. The number of hydrogen-bond donors (Lipinski definition) is 0. The summed E-state index contributed by atoms with van der Waals surface area (Å²) in [7, 11) is 1.67. The number of hydrogen-bond acceptors (Lipinski definition) is 3. The first-order valence-electron chi connectivity index (χ1n) is 4.99. The third-order valence-corrected chi connectivity index (χ3v) is 2.96. The van der Waals surface area contributed by atoms with Crippen LogP contribution in [0.25, 0.3) is 11.3 Å². The predicted molar refractivity (Wildman–Crippen MR) is 68.0 cm³/mol. The van der Waals surface area contributed by atoms with Crippen LogP contribution in [0.4, 0.5) is 0 Å². The number of thioether (sulfide) groups is 1. The van der Waals surface area contributed by atoms with E-state index in [9.17, 15) is 0 Å². The maximum atomic E-state index is 5.13. The van der Waals surface area contributed by atoms with Gasteiger partial charge in [-0.3, -0.25) is 0 Å². The minimum absolute atomic E-state index is 0.866. The monoisotopic (exact) mass is 231 g/mol. The Bertz CT molecular complexity index is 468. The van der Waals surface area contributed by atoms with E-state index in [4.69, 9.17) is 4.74 Å². The van der Waals surface area contributed by atoms with E-state index in [1.54, 1.807) is 18.9 Å². The van der Waals surface area contributed by atoms with Crippen LogP contribution in [0.15, 0.2) is 47.5 Å². The average molecular weight is 231 g/mol. The minimum atomic E-state index is 0.866. The number of benzene rings is 1. The van der Waals surface area contributed by atoms with Crippen LogP contribution < -0.4 is 4.74 Å². The van der Waals surface area contributed by atoms with E-state index >= 15 is 0 Å². The van der Waals surface area contributed by atoms with Crippen molar-refractivity contribution in [3.63, 3.8) is 0 Å². The third-order valence-electron chi connectivity index (χ3n) is 2.32. The van der Waals surface area contributed by atoms with Crippen LogP contribution >= 0.6 is 11.8 Å². The Labute approximate surface area is 99.7 Å². The van der Waals surface area contributed by atoms with Gasteiger partial charge >= 0.3 is 0 Å². The van der Waals surface area contributed by atoms with Crippen molar-refractivity contribution in [1.82, 2.24) is 4.98 Å². The van der Waals surface area contributed by atoms with Crippen molar-refractivity contribution in [2.45, 2.75) is 5.03 Å². The molecule has 0 N–H and O–H groups in total. The molecule has 0 aliphatic heterocycles. The zero-order chi connectivity index (χ0) is 11.4. The number of ether oxygens (including phenoxy) is 1. The van der Waals surface area contributed by atoms with Crippen LogP contribution in [0.5, 0.6) is 5.75 Å². The predicted octanol–water partition coefficient (Wildman–Crippen LogP) is 3.48. The molecular formula is C13H13NOS. The van der Waals surface area contributed by atoms with Gasteiger partial charge in [0.25, 0.3) is 0 Å². The highest BCUT2D eigenvalue weighted by atomic mass is 32.2. The van der Waals surface area contributed by atoms with Crippen LogP contribution in [0.3, 0.4) is 0 Å². The highest BCUT2D eigenvalue weighted by Gasteiger charge is 2.00. The summed E-state index contributed by atoms with van der Waals surface area (Å²) in [6, 6.07) is 14.0. The van der Waals surface area contributed by atoms with Gasteiger partial charge < -0.3 is 4.74 Å². The van der Waals surface area contributed by atoms with E-state index in [1.807, 2.05) is 48.7 Å². The van der Waals surface area contributed by atoms with Gasteiger partial charge in [-0.05, 0) is 42.7 Å². The molecule has 3 heteroatoms. The average Bonchev–Trinajstić information content (AvgIpc) is 2.39. The van der Waals surface area contributed by atoms with E-state index < -0.39 is 0 Å². The van der Waals surface area contributed by atoms with Crippen molar-refractivity contribution in [1.29, 1.82) is 0 Å². The molecular weight excluding hydrogens is 218 g/mol. The number of nitrogens with zero attached hydrogens (tertiary/aromatic N) is 1. The van der Waals surface area contributed by atoms with Crippen molar-refractivity contribution >= 4 is 11.8 Å². The molecule has 1 aromatic heterocycles. The lowest BCUT2D eigenvalue weighted by molar-refractivity contribution is 0.415. The fraction of sp³-hybridized carbons (Fsp3) is 0.154. The highest BCUT2D eigenvalue weighted by molar-refractivity contribution is 7.98. The van der Waals surface area contributed by atoms with Gasteiger partial charge in [-0.2, -0.15) is 0 Å². The molecule has 0 unspecified atom stereocenters. The van der Waals surface area contributed by atoms with Gasteiger partial charge in [-0.25, -0.2) is 4.98 Å². The lowest BCUT2D eigenvalue weighted by Gasteiger charge is -2.04. The van der Waals surface area contributed by atoms with Crippen molar-refractivity contribution in [2.24, 2.45) is 0 Å². The lowest BCUT2D eigenvalue weighted by Crippen LogP contribution is -1.86. The Morgan fingerprint density at radius 1 is 1.06 bits per heavy atom. The molecule has 1 heterocycles. The Kier molecular flexibility index (Phi) is 3.47. The van der Waals surface area contributed by atoms with Crippen molar-refractivity contribution in [3.8, 4) is 17.0 Å². The summed E-state index contributed by atoms with van der Waals surface area (Å²) in [6.45, 7) is 0. The second kappa shape index (κ2) is 5.03. The molecule has 0 saturated heterocycles. The number of pyridine rings is 1. The first-order chi connectivity index (χ1) is 7.83. The third kappa shape index (κ3) is 2.36. The zero-order valence-corrected chi connectivity index (χ0v) is 10.1. The van der Waals surface area contributed by atoms with E-state index in [0.29, 0.717) is 0 Å². The molecule has 0 aliphatic rings.